The number of para-hydroxylation sites is 1. The van der Waals surface area contributed by atoms with Crippen LogP contribution in [0.25, 0.3) is 16.8 Å². The van der Waals surface area contributed by atoms with E-state index in [1.165, 1.54) is 15.6 Å². The maximum absolute atomic E-state index is 13.3. The molecule has 11 heteroatoms. The SMILES string of the molecule is Cc1oc2ncn(C)c(=O)c2c1C(=O)N1CCN(c2cnn(-c3ccccc3)c(=O)c2Cl)CC1. The second-order valence-corrected chi connectivity index (χ2v) is 8.43. The summed E-state index contributed by atoms with van der Waals surface area (Å²) in [6.45, 7) is 3.31. The second kappa shape index (κ2) is 8.45. The van der Waals surface area contributed by atoms with Crippen molar-refractivity contribution >= 4 is 34.3 Å². The van der Waals surface area contributed by atoms with Crippen LogP contribution in [0.1, 0.15) is 16.1 Å². The third-order valence-corrected chi connectivity index (χ3v) is 6.33. The van der Waals surface area contributed by atoms with Crippen LogP contribution in [0.4, 0.5) is 5.69 Å². The summed E-state index contributed by atoms with van der Waals surface area (Å²) in [5, 5.41) is 4.54. The van der Waals surface area contributed by atoms with Crippen molar-refractivity contribution in [3.63, 3.8) is 0 Å². The average Bonchev–Trinajstić information content (AvgIpc) is 3.20. The zero-order valence-corrected chi connectivity index (χ0v) is 19.3. The van der Waals surface area contributed by atoms with Crippen LogP contribution in [-0.2, 0) is 7.05 Å². The Balaban J connectivity index is 1.37. The van der Waals surface area contributed by atoms with E-state index in [9.17, 15) is 14.4 Å². The molecule has 0 radical (unpaired) electrons. The lowest BCUT2D eigenvalue weighted by Crippen LogP contribution is -2.49. The fourth-order valence-corrected chi connectivity index (χ4v) is 4.40. The van der Waals surface area contributed by atoms with E-state index in [4.69, 9.17) is 16.0 Å². The van der Waals surface area contributed by atoms with Gasteiger partial charge in [0.1, 0.15) is 22.5 Å². The van der Waals surface area contributed by atoms with Gasteiger partial charge in [-0.3, -0.25) is 14.4 Å². The minimum Gasteiger partial charge on any atom is -0.442 e. The molecule has 4 aromatic rings. The molecule has 5 rings (SSSR count). The Morgan fingerprint density at radius 2 is 1.76 bits per heavy atom. The van der Waals surface area contributed by atoms with Crippen molar-refractivity contribution in [3.8, 4) is 5.69 Å². The fourth-order valence-electron chi connectivity index (χ4n) is 4.15. The smallest absolute Gasteiger partial charge is 0.292 e. The Morgan fingerprint density at radius 3 is 2.47 bits per heavy atom. The number of amides is 1. The lowest BCUT2D eigenvalue weighted by molar-refractivity contribution is 0.0746. The van der Waals surface area contributed by atoms with Crippen LogP contribution < -0.4 is 16.0 Å². The number of aryl methyl sites for hydroxylation is 2. The van der Waals surface area contributed by atoms with E-state index in [1.807, 2.05) is 23.1 Å². The molecular weight excluding hydrogens is 460 g/mol. The van der Waals surface area contributed by atoms with Crippen molar-refractivity contribution in [2.45, 2.75) is 6.92 Å². The van der Waals surface area contributed by atoms with Gasteiger partial charge in [-0.25, -0.2) is 4.98 Å². The minimum atomic E-state index is -0.410. The molecule has 4 heterocycles. The number of anilines is 1. The van der Waals surface area contributed by atoms with Gasteiger partial charge in [0.15, 0.2) is 0 Å². The highest BCUT2D eigenvalue weighted by atomic mass is 35.5. The van der Waals surface area contributed by atoms with E-state index in [1.54, 1.807) is 37.2 Å². The molecule has 0 saturated carbocycles. The summed E-state index contributed by atoms with van der Waals surface area (Å²) in [7, 11) is 1.58. The first-order chi connectivity index (χ1) is 16.4. The van der Waals surface area contributed by atoms with Crippen molar-refractivity contribution < 1.29 is 9.21 Å². The van der Waals surface area contributed by atoms with Crippen LogP contribution >= 0.6 is 11.6 Å². The molecule has 1 aliphatic rings. The van der Waals surface area contributed by atoms with E-state index < -0.39 is 5.56 Å². The van der Waals surface area contributed by atoms with Gasteiger partial charge in [-0.2, -0.15) is 9.78 Å². The summed E-state index contributed by atoms with van der Waals surface area (Å²) in [4.78, 5) is 46.4. The van der Waals surface area contributed by atoms with Crippen molar-refractivity contribution in [1.82, 2.24) is 24.2 Å². The molecule has 0 spiro atoms. The van der Waals surface area contributed by atoms with Gasteiger partial charge in [0.05, 0.1) is 23.1 Å². The highest BCUT2D eigenvalue weighted by molar-refractivity contribution is 6.33. The summed E-state index contributed by atoms with van der Waals surface area (Å²) in [6.07, 6.45) is 2.93. The van der Waals surface area contributed by atoms with Crippen LogP contribution in [0.15, 0.2) is 56.9 Å². The van der Waals surface area contributed by atoms with Crippen LogP contribution in [0.5, 0.6) is 0 Å². The quantitative estimate of drug-likeness (QED) is 0.441. The van der Waals surface area contributed by atoms with Crippen molar-refractivity contribution in [2.75, 3.05) is 31.1 Å². The molecule has 0 bridgehead atoms. The third-order valence-electron chi connectivity index (χ3n) is 5.97. The maximum atomic E-state index is 13.3. The summed E-state index contributed by atoms with van der Waals surface area (Å²) in [6, 6.07) is 9.04. The van der Waals surface area contributed by atoms with Crippen molar-refractivity contribution in [1.29, 1.82) is 0 Å². The lowest BCUT2D eigenvalue weighted by atomic mass is 10.1. The van der Waals surface area contributed by atoms with Gasteiger partial charge in [-0.15, -0.1) is 0 Å². The van der Waals surface area contributed by atoms with E-state index >= 15 is 0 Å². The molecule has 0 atom stereocenters. The maximum Gasteiger partial charge on any atom is 0.292 e. The van der Waals surface area contributed by atoms with Gasteiger partial charge in [-0.05, 0) is 19.1 Å². The number of hydrogen-bond donors (Lipinski definition) is 0. The summed E-state index contributed by atoms with van der Waals surface area (Å²) < 4.78 is 8.14. The second-order valence-electron chi connectivity index (χ2n) is 8.05. The number of aromatic nitrogens is 4. The molecule has 0 unspecified atom stereocenters. The highest BCUT2D eigenvalue weighted by Gasteiger charge is 2.29. The van der Waals surface area contributed by atoms with E-state index in [0.717, 1.165) is 0 Å². The molecule has 0 N–H and O–H groups in total. The largest absolute Gasteiger partial charge is 0.442 e. The van der Waals surface area contributed by atoms with Crippen LogP contribution in [-0.4, -0.2) is 56.3 Å². The number of carbonyl (C=O) groups is 1. The van der Waals surface area contributed by atoms with Gasteiger partial charge < -0.3 is 18.8 Å². The number of carbonyl (C=O) groups excluding carboxylic acids is 1. The van der Waals surface area contributed by atoms with E-state index in [2.05, 4.69) is 10.1 Å². The molecule has 174 valence electrons. The number of hydrogen-bond acceptors (Lipinski definition) is 7. The number of halogens is 1. The number of rotatable bonds is 3. The van der Waals surface area contributed by atoms with Gasteiger partial charge in [0.2, 0.25) is 5.71 Å². The first-order valence-corrected chi connectivity index (χ1v) is 11.1. The topological polar surface area (TPSA) is 106 Å². The first kappa shape index (κ1) is 21.9. The Labute approximate surface area is 198 Å². The zero-order valence-electron chi connectivity index (χ0n) is 18.6. The molecule has 1 fully saturated rings. The van der Waals surface area contributed by atoms with Crippen molar-refractivity contribution in [2.24, 2.45) is 7.05 Å². The number of fused-ring (bicyclic) bond motifs is 1. The Hall–Kier alpha value is -3.92. The molecule has 10 nitrogen and oxygen atoms in total. The summed E-state index contributed by atoms with van der Waals surface area (Å²) >= 11 is 6.43. The molecule has 1 aromatic carbocycles. The molecule has 1 aliphatic heterocycles. The predicted molar refractivity (Wildman–Crippen MR) is 127 cm³/mol. The first-order valence-electron chi connectivity index (χ1n) is 10.7. The Morgan fingerprint density at radius 1 is 1.06 bits per heavy atom. The standard InChI is InChI=1S/C23H21ClN6O4/c1-14-17(18-20(34-14)25-13-27(2)21(18)31)22(32)29-10-8-28(9-11-29)16-12-26-30(23(33)19(16)24)15-6-4-3-5-7-15/h3-7,12-13H,8-11H2,1-2H3. The number of furan rings is 1. The van der Waals surface area contributed by atoms with Crippen LogP contribution in [0.3, 0.4) is 0 Å². The zero-order chi connectivity index (χ0) is 24.0. The number of nitrogens with zero attached hydrogens (tertiary/aromatic N) is 6. The molecule has 3 aromatic heterocycles. The normalized spacial score (nSPS) is 14.1. The van der Waals surface area contributed by atoms with E-state index in [0.29, 0.717) is 43.3 Å². The predicted octanol–water partition coefficient (Wildman–Crippen LogP) is 2.00. The molecular formula is C23H21ClN6O4. The average molecular weight is 481 g/mol. The van der Waals surface area contributed by atoms with Gasteiger partial charge in [-0.1, -0.05) is 29.8 Å². The highest BCUT2D eigenvalue weighted by Crippen LogP contribution is 2.26. The minimum absolute atomic E-state index is 0.0740. The van der Waals surface area contributed by atoms with Gasteiger partial charge >= 0.3 is 0 Å². The van der Waals surface area contributed by atoms with Crippen LogP contribution in [0, 0.1) is 6.92 Å². The third kappa shape index (κ3) is 3.56. The molecule has 0 aliphatic carbocycles. The lowest BCUT2D eigenvalue weighted by Gasteiger charge is -2.36. The fraction of sp³-hybridized carbons (Fsp3) is 0.261. The Kier molecular flexibility index (Phi) is 5.45. The molecule has 34 heavy (non-hydrogen) atoms. The molecule has 1 saturated heterocycles. The summed E-state index contributed by atoms with van der Waals surface area (Å²) in [5.41, 5.74) is 0.795. The van der Waals surface area contributed by atoms with Gasteiger partial charge in [0, 0.05) is 33.2 Å². The number of piperazine rings is 1. The number of benzene rings is 1. The van der Waals surface area contributed by atoms with E-state index in [-0.39, 0.29) is 33.2 Å². The summed E-state index contributed by atoms with van der Waals surface area (Å²) in [5.74, 6) is 0.0692. The van der Waals surface area contributed by atoms with Crippen molar-refractivity contribution in [3.05, 3.63) is 79.9 Å². The Bertz CT molecular complexity index is 1520. The monoisotopic (exact) mass is 480 g/mol. The molecule has 1 amide bonds. The van der Waals surface area contributed by atoms with Crippen LogP contribution in [0.2, 0.25) is 5.02 Å². The van der Waals surface area contributed by atoms with Gasteiger partial charge in [0.25, 0.3) is 17.0 Å².